The first-order valence-corrected chi connectivity index (χ1v) is 8.21. The van der Waals surface area contributed by atoms with E-state index in [0.717, 1.165) is 37.7 Å². The Morgan fingerprint density at radius 1 is 0.792 bits per heavy atom. The Balaban J connectivity index is 2.50. The van der Waals surface area contributed by atoms with Crippen molar-refractivity contribution in [3.05, 3.63) is 28.3 Å². The van der Waals surface area contributed by atoms with E-state index in [4.69, 9.17) is 5.11 Å². The highest BCUT2D eigenvalue weighted by molar-refractivity contribution is 5.68. The second kappa shape index (κ2) is 10.4. The third-order valence-corrected chi connectivity index (χ3v) is 3.94. The summed E-state index contributed by atoms with van der Waals surface area (Å²) in [7, 11) is 0. The molecule has 24 heavy (non-hydrogen) atoms. The summed E-state index contributed by atoms with van der Waals surface area (Å²) in [5.74, 6) is 12.2. The molecule has 3 nitrogen and oxygen atoms in total. The summed E-state index contributed by atoms with van der Waals surface area (Å²) in [6, 6.07) is 0. The van der Waals surface area contributed by atoms with Crippen molar-refractivity contribution in [2.24, 2.45) is 0 Å². The number of rotatable bonds is 5. The van der Waals surface area contributed by atoms with Crippen LogP contribution >= 0.6 is 0 Å². The molecule has 1 aromatic rings. The molecule has 0 radical (unpaired) electrons. The average Bonchev–Trinajstić information content (AvgIpc) is 2.58. The lowest BCUT2D eigenvalue weighted by Crippen LogP contribution is -1.92. The highest BCUT2D eigenvalue weighted by Gasteiger charge is 2.13. The molecule has 0 heterocycles. The van der Waals surface area contributed by atoms with Gasteiger partial charge in [0.2, 0.25) is 0 Å². The van der Waals surface area contributed by atoms with Crippen molar-refractivity contribution in [2.75, 3.05) is 6.61 Å². The van der Waals surface area contributed by atoms with Crippen molar-refractivity contribution in [1.82, 2.24) is 0 Å². The van der Waals surface area contributed by atoms with E-state index >= 15 is 0 Å². The molecular formula is C21H26O3. The molecule has 0 unspecified atom stereocenters. The van der Waals surface area contributed by atoms with E-state index in [1.165, 1.54) is 0 Å². The number of allylic oxidation sites excluding steroid dienone is 1. The van der Waals surface area contributed by atoms with Crippen LogP contribution < -0.4 is 0 Å². The van der Waals surface area contributed by atoms with Crippen LogP contribution in [0.25, 0.3) is 6.08 Å². The Hall–Kier alpha value is -2.36. The van der Waals surface area contributed by atoms with Gasteiger partial charge in [0.05, 0.1) is 0 Å². The van der Waals surface area contributed by atoms with Crippen LogP contribution in [0.3, 0.4) is 0 Å². The van der Waals surface area contributed by atoms with Gasteiger partial charge in [-0.3, -0.25) is 0 Å². The lowest BCUT2D eigenvalue weighted by atomic mass is 9.97. The van der Waals surface area contributed by atoms with E-state index in [0.29, 0.717) is 16.7 Å². The molecule has 0 amide bonds. The lowest BCUT2D eigenvalue weighted by Gasteiger charge is -2.13. The van der Waals surface area contributed by atoms with Crippen molar-refractivity contribution in [3.8, 4) is 35.2 Å². The maximum absolute atomic E-state index is 10.2. The first-order chi connectivity index (χ1) is 11.5. The van der Waals surface area contributed by atoms with Crippen molar-refractivity contribution in [3.63, 3.8) is 0 Å². The fraction of sp³-hybridized carbons (Fsp3) is 0.429. The Morgan fingerprint density at radius 3 is 2.04 bits per heavy atom. The predicted molar refractivity (Wildman–Crippen MR) is 98.7 cm³/mol. The van der Waals surface area contributed by atoms with Crippen LogP contribution in [-0.2, 0) is 0 Å². The Kier molecular flexibility index (Phi) is 8.55. The number of hydrogen-bond acceptors (Lipinski definition) is 3. The quantitative estimate of drug-likeness (QED) is 0.436. The molecule has 3 heteroatoms. The first kappa shape index (κ1) is 19.7. The Morgan fingerprint density at radius 2 is 1.38 bits per heavy atom. The van der Waals surface area contributed by atoms with Crippen molar-refractivity contribution in [1.29, 1.82) is 0 Å². The minimum atomic E-state index is -0.0781. The van der Waals surface area contributed by atoms with Gasteiger partial charge in [0, 0.05) is 30.4 Å². The molecule has 0 aromatic heterocycles. The normalized spacial score (nSPS) is 10.2. The molecule has 0 aliphatic carbocycles. The molecule has 1 aromatic carbocycles. The molecule has 0 bridgehead atoms. The number of aromatic hydroxyl groups is 2. The SMILES string of the molecule is Cc1c(C)c(O)c(C=CCCC#CCCCC#CCO)c(C)c1O. The lowest BCUT2D eigenvalue weighted by molar-refractivity contribution is 0.350. The third-order valence-electron chi connectivity index (χ3n) is 3.94. The van der Waals surface area contributed by atoms with E-state index in [1.807, 2.05) is 12.2 Å². The number of aliphatic hydroxyl groups excluding tert-OH is 1. The van der Waals surface area contributed by atoms with Gasteiger partial charge in [0.25, 0.3) is 0 Å². The Labute approximate surface area is 145 Å². The zero-order valence-electron chi connectivity index (χ0n) is 14.7. The zero-order valence-corrected chi connectivity index (χ0v) is 14.7. The molecule has 3 N–H and O–H groups in total. The first-order valence-electron chi connectivity index (χ1n) is 8.21. The summed E-state index contributed by atoms with van der Waals surface area (Å²) in [5.41, 5.74) is 2.80. The summed E-state index contributed by atoms with van der Waals surface area (Å²) in [6.07, 6.45) is 7.88. The Bertz CT molecular complexity index is 678. The predicted octanol–water partition coefficient (Wildman–Crippen LogP) is 3.99. The average molecular weight is 326 g/mol. The molecule has 0 saturated carbocycles. The highest BCUT2D eigenvalue weighted by atomic mass is 16.3. The van der Waals surface area contributed by atoms with Gasteiger partial charge in [0.15, 0.2) is 0 Å². The molecular weight excluding hydrogens is 300 g/mol. The van der Waals surface area contributed by atoms with Crippen LogP contribution in [0.1, 0.15) is 54.4 Å². The van der Waals surface area contributed by atoms with Crippen LogP contribution in [0, 0.1) is 44.5 Å². The standard InChI is InChI=1S/C21H26O3/c1-16-17(2)21(24)19(18(3)20(16)23)14-12-10-8-6-4-5-7-9-11-13-15-22/h12,14,22-24H,5,7-10,15H2,1-3H3. The minimum Gasteiger partial charge on any atom is -0.507 e. The number of benzene rings is 1. The fourth-order valence-corrected chi connectivity index (χ4v) is 2.29. The number of phenols is 2. The van der Waals surface area contributed by atoms with Gasteiger partial charge < -0.3 is 15.3 Å². The fourth-order valence-electron chi connectivity index (χ4n) is 2.29. The van der Waals surface area contributed by atoms with Crippen molar-refractivity contribution in [2.45, 2.75) is 52.9 Å². The molecule has 0 aliphatic heterocycles. The molecule has 0 fully saturated rings. The van der Waals surface area contributed by atoms with Gasteiger partial charge in [-0.2, -0.15) is 0 Å². The maximum Gasteiger partial charge on any atom is 0.126 e. The molecule has 0 atom stereocenters. The van der Waals surface area contributed by atoms with Crippen molar-refractivity contribution >= 4 is 6.08 Å². The zero-order chi connectivity index (χ0) is 17.9. The second-order valence-electron chi connectivity index (χ2n) is 5.65. The van der Waals surface area contributed by atoms with Gasteiger partial charge in [0.1, 0.15) is 18.1 Å². The number of phenolic OH excluding ortho intramolecular Hbond substituents is 2. The van der Waals surface area contributed by atoms with E-state index in [1.54, 1.807) is 20.8 Å². The maximum atomic E-state index is 10.2. The van der Waals surface area contributed by atoms with Gasteiger partial charge >= 0.3 is 0 Å². The topological polar surface area (TPSA) is 60.7 Å². The second-order valence-corrected chi connectivity index (χ2v) is 5.65. The molecule has 0 aliphatic rings. The highest BCUT2D eigenvalue weighted by Crippen LogP contribution is 2.36. The van der Waals surface area contributed by atoms with Crippen LogP contribution in [0.15, 0.2) is 6.08 Å². The van der Waals surface area contributed by atoms with Crippen LogP contribution in [0.2, 0.25) is 0 Å². The number of aliphatic hydroxyl groups is 1. The molecule has 0 spiro atoms. The molecule has 0 saturated heterocycles. The number of hydrogen-bond donors (Lipinski definition) is 3. The van der Waals surface area contributed by atoms with E-state index in [2.05, 4.69) is 23.7 Å². The summed E-state index contributed by atoms with van der Waals surface area (Å²) in [4.78, 5) is 0. The number of unbranched alkanes of at least 4 members (excludes halogenated alkanes) is 3. The van der Waals surface area contributed by atoms with Crippen LogP contribution in [0.4, 0.5) is 0 Å². The minimum absolute atomic E-state index is 0.0781. The van der Waals surface area contributed by atoms with E-state index in [9.17, 15) is 10.2 Å². The van der Waals surface area contributed by atoms with E-state index in [-0.39, 0.29) is 18.1 Å². The summed E-state index contributed by atoms with van der Waals surface area (Å²) < 4.78 is 0. The molecule has 128 valence electrons. The monoisotopic (exact) mass is 326 g/mol. The van der Waals surface area contributed by atoms with Gasteiger partial charge in [-0.15, -0.1) is 17.8 Å². The van der Waals surface area contributed by atoms with Crippen LogP contribution in [0.5, 0.6) is 11.5 Å². The van der Waals surface area contributed by atoms with Gasteiger partial charge in [-0.05, 0) is 44.7 Å². The van der Waals surface area contributed by atoms with E-state index < -0.39 is 0 Å². The third kappa shape index (κ3) is 5.69. The summed E-state index contributed by atoms with van der Waals surface area (Å²) in [6.45, 7) is 5.33. The van der Waals surface area contributed by atoms with Gasteiger partial charge in [-0.25, -0.2) is 0 Å². The smallest absolute Gasteiger partial charge is 0.126 e. The van der Waals surface area contributed by atoms with Crippen molar-refractivity contribution < 1.29 is 15.3 Å². The largest absolute Gasteiger partial charge is 0.507 e. The molecule has 1 rings (SSSR count). The summed E-state index contributed by atoms with van der Waals surface area (Å²) >= 11 is 0. The van der Waals surface area contributed by atoms with Crippen LogP contribution in [-0.4, -0.2) is 21.9 Å². The summed E-state index contributed by atoms with van der Waals surface area (Å²) in [5, 5.41) is 28.8. The van der Waals surface area contributed by atoms with Gasteiger partial charge in [-0.1, -0.05) is 18.1 Å².